The van der Waals surface area contributed by atoms with Gasteiger partial charge in [0.2, 0.25) is 0 Å². The lowest BCUT2D eigenvalue weighted by Crippen LogP contribution is -2.03. The molecule has 0 saturated heterocycles. The van der Waals surface area contributed by atoms with Crippen molar-refractivity contribution in [1.29, 1.82) is 0 Å². The van der Waals surface area contributed by atoms with Gasteiger partial charge in [-0.15, -0.1) is 0 Å². The van der Waals surface area contributed by atoms with Gasteiger partial charge >= 0.3 is 0 Å². The first kappa shape index (κ1) is 13.4. The van der Waals surface area contributed by atoms with Gasteiger partial charge in [0.1, 0.15) is 5.75 Å². The summed E-state index contributed by atoms with van der Waals surface area (Å²) in [5.41, 5.74) is 2.38. The van der Waals surface area contributed by atoms with Gasteiger partial charge in [-0.05, 0) is 30.9 Å². The number of rotatable bonds is 5. The topological polar surface area (TPSA) is 9.23 Å². The van der Waals surface area contributed by atoms with Crippen LogP contribution in [-0.4, -0.2) is 18.6 Å². The van der Waals surface area contributed by atoms with Crippen LogP contribution in [0.2, 0.25) is 0 Å². The monoisotopic (exact) mass is 352 g/mol. The molecule has 1 nitrogen and oxygen atoms in total. The molecule has 15 heavy (non-hydrogen) atoms. The number of thioether (sulfide) groups is 1. The lowest BCUT2D eigenvalue weighted by molar-refractivity contribution is 0.339. The third-order valence-electron chi connectivity index (χ3n) is 1.99. The third kappa shape index (κ3) is 4.00. The lowest BCUT2D eigenvalue weighted by atomic mass is 10.1. The molecule has 4 heteroatoms. The van der Waals surface area contributed by atoms with E-state index in [0.717, 1.165) is 27.9 Å². The number of benzene rings is 1. The standard InChI is InChI=1S/C11H14Br2OS/c1-8-5-10(13)6-9(7-12)11(8)14-3-4-15-2/h5-6H,3-4,7H2,1-2H3. The molecule has 0 aliphatic rings. The van der Waals surface area contributed by atoms with E-state index >= 15 is 0 Å². The largest absolute Gasteiger partial charge is 0.492 e. The summed E-state index contributed by atoms with van der Waals surface area (Å²) < 4.78 is 6.89. The molecule has 0 atom stereocenters. The average Bonchev–Trinajstić information content (AvgIpc) is 2.20. The van der Waals surface area contributed by atoms with E-state index in [1.54, 1.807) is 11.8 Å². The molecule has 84 valence electrons. The van der Waals surface area contributed by atoms with Crippen molar-refractivity contribution in [2.45, 2.75) is 12.3 Å². The molecule has 0 aromatic heterocycles. The van der Waals surface area contributed by atoms with Crippen LogP contribution in [0.3, 0.4) is 0 Å². The van der Waals surface area contributed by atoms with E-state index in [2.05, 4.69) is 57.2 Å². The quantitative estimate of drug-likeness (QED) is 0.573. The fourth-order valence-electron chi connectivity index (χ4n) is 1.33. The number of ether oxygens (including phenoxy) is 1. The van der Waals surface area contributed by atoms with Crippen molar-refractivity contribution < 1.29 is 4.74 Å². The molecule has 1 rings (SSSR count). The van der Waals surface area contributed by atoms with Crippen LogP contribution in [0.1, 0.15) is 11.1 Å². The van der Waals surface area contributed by atoms with E-state index in [1.807, 2.05) is 0 Å². The fourth-order valence-corrected chi connectivity index (χ4v) is 2.62. The van der Waals surface area contributed by atoms with Gasteiger partial charge in [-0.25, -0.2) is 0 Å². The summed E-state index contributed by atoms with van der Waals surface area (Å²) in [5.74, 6) is 2.04. The highest BCUT2D eigenvalue weighted by Crippen LogP contribution is 2.29. The van der Waals surface area contributed by atoms with Crippen molar-refractivity contribution in [3.8, 4) is 5.75 Å². The van der Waals surface area contributed by atoms with Crippen LogP contribution < -0.4 is 4.74 Å². The van der Waals surface area contributed by atoms with Gasteiger partial charge in [0.25, 0.3) is 0 Å². The maximum Gasteiger partial charge on any atom is 0.126 e. The maximum atomic E-state index is 5.78. The van der Waals surface area contributed by atoms with Crippen molar-refractivity contribution in [3.63, 3.8) is 0 Å². The van der Waals surface area contributed by atoms with E-state index in [4.69, 9.17) is 4.74 Å². The predicted molar refractivity (Wildman–Crippen MR) is 75.4 cm³/mol. The zero-order valence-corrected chi connectivity index (χ0v) is 12.8. The van der Waals surface area contributed by atoms with E-state index < -0.39 is 0 Å². The van der Waals surface area contributed by atoms with Crippen LogP contribution in [0.5, 0.6) is 5.75 Å². The van der Waals surface area contributed by atoms with Gasteiger partial charge in [-0.2, -0.15) is 11.8 Å². The van der Waals surface area contributed by atoms with Crippen LogP contribution in [0.4, 0.5) is 0 Å². The Kier molecular flexibility index (Phi) is 6.09. The molecule has 1 aromatic rings. The highest BCUT2D eigenvalue weighted by Gasteiger charge is 2.07. The third-order valence-corrected chi connectivity index (χ3v) is 3.63. The first-order valence-electron chi connectivity index (χ1n) is 4.65. The second-order valence-corrected chi connectivity index (χ2v) is 5.65. The molecule has 0 bridgehead atoms. The summed E-state index contributed by atoms with van der Waals surface area (Å²) in [6.07, 6.45) is 2.09. The number of hydrogen-bond acceptors (Lipinski definition) is 2. The summed E-state index contributed by atoms with van der Waals surface area (Å²) in [7, 11) is 0. The molecule has 0 fully saturated rings. The molecular formula is C11H14Br2OS. The highest BCUT2D eigenvalue weighted by atomic mass is 79.9. The second kappa shape index (κ2) is 6.81. The van der Waals surface area contributed by atoms with Gasteiger partial charge in [0.15, 0.2) is 0 Å². The number of aryl methyl sites for hydroxylation is 1. The zero-order valence-electron chi connectivity index (χ0n) is 8.85. The molecule has 0 aliphatic heterocycles. The van der Waals surface area contributed by atoms with Crippen LogP contribution in [-0.2, 0) is 5.33 Å². The molecule has 0 spiro atoms. The van der Waals surface area contributed by atoms with Crippen molar-refractivity contribution >= 4 is 43.6 Å². The van der Waals surface area contributed by atoms with E-state index in [-0.39, 0.29) is 0 Å². The van der Waals surface area contributed by atoms with Crippen LogP contribution in [0, 0.1) is 6.92 Å². The Morgan fingerprint density at radius 3 is 2.73 bits per heavy atom. The number of halogens is 2. The summed E-state index contributed by atoms with van der Waals surface area (Å²) in [6.45, 7) is 2.84. The lowest BCUT2D eigenvalue weighted by Gasteiger charge is -2.13. The van der Waals surface area contributed by atoms with Gasteiger partial charge in [-0.3, -0.25) is 0 Å². The van der Waals surface area contributed by atoms with Gasteiger partial charge in [0, 0.05) is 21.1 Å². The minimum Gasteiger partial charge on any atom is -0.492 e. The average molecular weight is 354 g/mol. The summed E-state index contributed by atoms with van der Waals surface area (Å²) >= 11 is 8.77. The normalized spacial score (nSPS) is 10.4. The Morgan fingerprint density at radius 2 is 2.13 bits per heavy atom. The molecular weight excluding hydrogens is 340 g/mol. The van der Waals surface area contributed by atoms with Gasteiger partial charge in [0.05, 0.1) is 6.61 Å². The van der Waals surface area contributed by atoms with Crippen LogP contribution in [0.15, 0.2) is 16.6 Å². The Morgan fingerprint density at radius 1 is 1.40 bits per heavy atom. The highest BCUT2D eigenvalue weighted by molar-refractivity contribution is 9.10. The van der Waals surface area contributed by atoms with Crippen molar-refractivity contribution in [2.75, 3.05) is 18.6 Å². The van der Waals surface area contributed by atoms with Crippen LogP contribution >= 0.6 is 43.6 Å². The zero-order chi connectivity index (χ0) is 11.3. The Labute approximate surface area is 112 Å². The van der Waals surface area contributed by atoms with Gasteiger partial charge in [-0.1, -0.05) is 31.9 Å². The maximum absolute atomic E-state index is 5.78. The summed E-state index contributed by atoms with van der Waals surface area (Å²) in [5, 5.41) is 0.821. The molecule has 0 heterocycles. The molecule has 0 saturated carbocycles. The first-order valence-corrected chi connectivity index (χ1v) is 7.96. The van der Waals surface area contributed by atoms with Crippen molar-refractivity contribution in [2.24, 2.45) is 0 Å². The van der Waals surface area contributed by atoms with Crippen molar-refractivity contribution in [3.05, 3.63) is 27.7 Å². The Balaban J connectivity index is 2.84. The molecule has 0 radical (unpaired) electrons. The molecule has 0 N–H and O–H groups in total. The van der Waals surface area contributed by atoms with Crippen LogP contribution in [0.25, 0.3) is 0 Å². The Hall–Kier alpha value is 0.330. The fraction of sp³-hybridized carbons (Fsp3) is 0.455. The molecule has 0 aliphatic carbocycles. The SMILES string of the molecule is CSCCOc1c(C)cc(Br)cc1CBr. The Bertz CT molecular complexity index is 329. The minimum atomic E-state index is 0.767. The van der Waals surface area contributed by atoms with E-state index in [1.165, 1.54) is 11.1 Å². The molecule has 1 aromatic carbocycles. The predicted octanol–water partition coefficient (Wildman–Crippen LogP) is 4.39. The molecule has 0 amide bonds. The van der Waals surface area contributed by atoms with E-state index in [0.29, 0.717) is 0 Å². The number of hydrogen-bond donors (Lipinski definition) is 0. The van der Waals surface area contributed by atoms with E-state index in [9.17, 15) is 0 Å². The van der Waals surface area contributed by atoms with Crippen molar-refractivity contribution in [1.82, 2.24) is 0 Å². The second-order valence-electron chi connectivity index (χ2n) is 3.19. The first-order chi connectivity index (χ1) is 7.19. The minimum absolute atomic E-state index is 0.767. The number of alkyl halides is 1. The summed E-state index contributed by atoms with van der Waals surface area (Å²) in [6, 6.07) is 4.18. The van der Waals surface area contributed by atoms with Gasteiger partial charge < -0.3 is 4.74 Å². The smallest absolute Gasteiger partial charge is 0.126 e. The summed E-state index contributed by atoms with van der Waals surface area (Å²) in [4.78, 5) is 0. The molecule has 0 unspecified atom stereocenters.